The van der Waals surface area contributed by atoms with Crippen LogP contribution in [-0.4, -0.2) is 66.3 Å². The Morgan fingerprint density at radius 1 is 1.18 bits per heavy atom. The van der Waals surface area contributed by atoms with Gasteiger partial charge in [0.25, 0.3) is 5.91 Å². The minimum Gasteiger partial charge on any atom is -0.390 e. The van der Waals surface area contributed by atoms with Gasteiger partial charge in [-0.2, -0.15) is 0 Å². The number of aliphatic hydroxyl groups is 1. The van der Waals surface area contributed by atoms with Crippen LogP contribution >= 0.6 is 11.9 Å². The number of amides is 1. The number of carbonyl (C=O) groups excluding carboxylic acids is 1. The zero-order chi connectivity index (χ0) is 26.6. The van der Waals surface area contributed by atoms with Crippen LogP contribution < -0.4 is 14.9 Å². The topological polar surface area (TPSA) is 78.8 Å². The Morgan fingerprint density at radius 3 is 2.68 bits per heavy atom. The second kappa shape index (κ2) is 12.1. The highest BCUT2D eigenvalue weighted by molar-refractivity contribution is 8.00. The molecule has 0 aliphatic carbocycles. The quantitative estimate of drug-likeness (QED) is 0.353. The van der Waals surface area contributed by atoms with Gasteiger partial charge in [0.2, 0.25) is 0 Å². The molecule has 1 saturated heterocycles. The summed E-state index contributed by atoms with van der Waals surface area (Å²) in [6.45, 7) is 7.26. The lowest BCUT2D eigenvalue weighted by atomic mass is 9.98. The van der Waals surface area contributed by atoms with E-state index in [4.69, 9.17) is 4.74 Å². The van der Waals surface area contributed by atoms with E-state index >= 15 is 0 Å². The number of nitrogens with one attached hydrogen (secondary N) is 2. The minimum absolute atomic E-state index is 0.153. The summed E-state index contributed by atoms with van der Waals surface area (Å²) in [6, 6.07) is 14.0. The predicted octanol–water partition coefficient (Wildman–Crippen LogP) is 4.33. The Hall–Kier alpha value is -2.52. The van der Waals surface area contributed by atoms with Gasteiger partial charge in [0.1, 0.15) is 0 Å². The first kappa shape index (κ1) is 27.1. The lowest BCUT2D eigenvalue weighted by molar-refractivity contribution is 0.0657. The summed E-state index contributed by atoms with van der Waals surface area (Å²) in [5.74, 6) is 1.19. The van der Waals surface area contributed by atoms with Crippen LogP contribution in [0.1, 0.15) is 54.1 Å². The molecule has 8 heteroatoms. The molecule has 2 aliphatic rings. The summed E-state index contributed by atoms with van der Waals surface area (Å²) in [5.41, 5.74) is 5.23. The first-order valence-electron chi connectivity index (χ1n) is 13.8. The summed E-state index contributed by atoms with van der Waals surface area (Å²) in [7, 11) is 2.07. The molecular formula is C30H40N4O3S. The lowest BCUT2D eigenvalue weighted by Gasteiger charge is -2.28. The van der Waals surface area contributed by atoms with Gasteiger partial charge in [-0.1, -0.05) is 44.2 Å². The van der Waals surface area contributed by atoms with E-state index in [1.165, 1.54) is 11.1 Å². The van der Waals surface area contributed by atoms with Crippen LogP contribution in [-0.2, 0) is 17.7 Å². The molecule has 7 nitrogen and oxygen atoms in total. The van der Waals surface area contributed by atoms with Gasteiger partial charge in [-0.25, -0.2) is 0 Å². The average Bonchev–Trinajstić information content (AvgIpc) is 3.22. The van der Waals surface area contributed by atoms with Crippen LogP contribution in [0.2, 0.25) is 0 Å². The van der Waals surface area contributed by atoms with Crippen molar-refractivity contribution >= 4 is 34.4 Å². The molecule has 204 valence electrons. The van der Waals surface area contributed by atoms with Crippen molar-refractivity contribution in [2.24, 2.45) is 0 Å². The van der Waals surface area contributed by atoms with Crippen molar-refractivity contribution in [2.45, 2.75) is 63.8 Å². The van der Waals surface area contributed by atoms with Crippen LogP contribution in [0.25, 0.3) is 10.9 Å². The van der Waals surface area contributed by atoms with Crippen molar-refractivity contribution in [1.82, 2.24) is 15.2 Å². The van der Waals surface area contributed by atoms with Crippen molar-refractivity contribution in [2.75, 3.05) is 36.9 Å². The molecule has 0 unspecified atom stereocenters. The number of benzene rings is 2. The van der Waals surface area contributed by atoms with E-state index in [0.717, 1.165) is 55.0 Å². The van der Waals surface area contributed by atoms with Crippen LogP contribution in [0.3, 0.4) is 0 Å². The standard InChI is InChI=1S/C30H40N4O3S/c1-20(2)25-19-34-11-14-38-33(3)27-17-22(16-24(25)29(27)34)30(36)32-26(15-21-7-5-4-6-8-21)28(35)18-31-23-9-12-37-13-10-23/h4-8,16-17,19-20,23,26,28,31,35H,9-15,18H2,1-3H3,(H,32,36)/t26-,28+/m0/s1. The van der Waals surface area contributed by atoms with Gasteiger partial charge in [0.15, 0.2) is 0 Å². The second-order valence-corrected chi connectivity index (χ2v) is 12.0. The van der Waals surface area contributed by atoms with E-state index in [0.29, 0.717) is 30.5 Å². The Morgan fingerprint density at radius 2 is 1.95 bits per heavy atom. The Labute approximate surface area is 230 Å². The van der Waals surface area contributed by atoms with Crippen molar-refractivity contribution in [3.8, 4) is 0 Å². The zero-order valence-corrected chi connectivity index (χ0v) is 23.5. The average molecular weight is 537 g/mol. The third kappa shape index (κ3) is 6.04. The fourth-order valence-electron chi connectivity index (χ4n) is 5.53. The molecule has 3 N–H and O–H groups in total. The number of hydrogen-bond acceptors (Lipinski definition) is 6. The monoisotopic (exact) mass is 536 g/mol. The second-order valence-electron chi connectivity index (χ2n) is 10.8. The van der Waals surface area contributed by atoms with Crippen LogP contribution in [0, 0.1) is 0 Å². The maximum Gasteiger partial charge on any atom is 0.251 e. The minimum atomic E-state index is -0.724. The van der Waals surface area contributed by atoms with E-state index in [2.05, 4.69) is 46.6 Å². The molecule has 2 aliphatic heterocycles. The highest BCUT2D eigenvalue weighted by atomic mass is 32.2. The van der Waals surface area contributed by atoms with Crippen molar-refractivity contribution in [3.05, 3.63) is 65.4 Å². The van der Waals surface area contributed by atoms with Crippen LogP contribution in [0.5, 0.6) is 0 Å². The van der Waals surface area contributed by atoms with E-state index in [-0.39, 0.29) is 5.91 Å². The lowest BCUT2D eigenvalue weighted by Crippen LogP contribution is -2.50. The first-order valence-corrected chi connectivity index (χ1v) is 14.7. The van der Waals surface area contributed by atoms with Gasteiger partial charge in [0.05, 0.1) is 23.3 Å². The van der Waals surface area contributed by atoms with Gasteiger partial charge in [-0.3, -0.25) is 4.79 Å². The van der Waals surface area contributed by atoms with Gasteiger partial charge in [-0.05, 0) is 60.4 Å². The molecule has 1 aromatic heterocycles. The Kier molecular flexibility index (Phi) is 8.63. The molecular weight excluding hydrogens is 496 g/mol. The number of rotatable bonds is 9. The predicted molar refractivity (Wildman–Crippen MR) is 156 cm³/mol. The van der Waals surface area contributed by atoms with Crippen LogP contribution in [0.4, 0.5) is 5.69 Å². The molecule has 1 fully saturated rings. The highest BCUT2D eigenvalue weighted by Gasteiger charge is 2.26. The number of ether oxygens (including phenoxy) is 1. The largest absolute Gasteiger partial charge is 0.390 e. The van der Waals surface area contributed by atoms with Gasteiger partial charge in [-0.15, -0.1) is 0 Å². The maximum atomic E-state index is 13.8. The SMILES string of the molecule is CC(C)c1cn2c3c(cc(C(=O)N[C@@H](Cc4ccccc4)[C@H](O)CNC4CCOCC4)cc13)N(C)SCC2. The number of hydrogen-bond donors (Lipinski definition) is 3. The molecule has 0 saturated carbocycles. The van der Waals surface area contributed by atoms with Crippen molar-refractivity contribution in [1.29, 1.82) is 0 Å². The summed E-state index contributed by atoms with van der Waals surface area (Å²) in [4.78, 5) is 13.8. The van der Waals surface area contributed by atoms with E-state index in [1.807, 2.05) is 42.5 Å². The molecule has 3 heterocycles. The maximum absolute atomic E-state index is 13.8. The van der Waals surface area contributed by atoms with Crippen molar-refractivity contribution < 1.29 is 14.6 Å². The number of aryl methyl sites for hydroxylation is 1. The molecule has 0 spiro atoms. The van der Waals surface area contributed by atoms with Gasteiger partial charge in [0, 0.05) is 62.3 Å². The number of aromatic nitrogens is 1. The third-order valence-corrected chi connectivity index (χ3v) is 8.69. The molecule has 5 rings (SSSR count). The Bertz CT molecular complexity index is 1240. The summed E-state index contributed by atoms with van der Waals surface area (Å²) in [5, 5.41) is 19.1. The molecule has 2 aromatic carbocycles. The van der Waals surface area contributed by atoms with Gasteiger partial charge < -0.3 is 29.3 Å². The van der Waals surface area contributed by atoms with E-state index in [9.17, 15) is 9.90 Å². The first-order chi connectivity index (χ1) is 18.4. The molecule has 0 radical (unpaired) electrons. The highest BCUT2D eigenvalue weighted by Crippen LogP contribution is 2.39. The Balaban J connectivity index is 1.41. The van der Waals surface area contributed by atoms with Crippen molar-refractivity contribution in [3.63, 3.8) is 0 Å². The number of carbonyl (C=O) groups is 1. The number of aliphatic hydroxyl groups excluding tert-OH is 1. The summed E-state index contributed by atoms with van der Waals surface area (Å²) in [6.07, 6.45) is 3.97. The normalized spacial score (nSPS) is 18.0. The summed E-state index contributed by atoms with van der Waals surface area (Å²) >= 11 is 1.77. The molecule has 2 atom stereocenters. The number of anilines is 1. The zero-order valence-electron chi connectivity index (χ0n) is 22.7. The fraction of sp³-hybridized carbons (Fsp3) is 0.500. The van der Waals surface area contributed by atoms with E-state index in [1.54, 1.807) is 11.9 Å². The number of nitrogens with zero attached hydrogens (tertiary/aromatic N) is 2. The van der Waals surface area contributed by atoms with E-state index < -0.39 is 12.1 Å². The fourth-order valence-corrected chi connectivity index (χ4v) is 6.36. The molecule has 3 aromatic rings. The summed E-state index contributed by atoms with van der Waals surface area (Å²) < 4.78 is 9.98. The molecule has 1 amide bonds. The smallest absolute Gasteiger partial charge is 0.251 e. The molecule has 38 heavy (non-hydrogen) atoms. The third-order valence-electron chi connectivity index (χ3n) is 7.74. The molecule has 0 bridgehead atoms. The van der Waals surface area contributed by atoms with Crippen LogP contribution in [0.15, 0.2) is 48.7 Å². The van der Waals surface area contributed by atoms with Gasteiger partial charge >= 0.3 is 0 Å².